The first-order valence-electron chi connectivity index (χ1n) is 7.22. The van der Waals surface area contributed by atoms with Gasteiger partial charge in [0.2, 0.25) is 0 Å². The fraction of sp³-hybridized carbons (Fsp3) is 0.471. The van der Waals surface area contributed by atoms with E-state index in [-0.39, 0.29) is 17.9 Å². The maximum absolute atomic E-state index is 12.3. The Labute approximate surface area is 126 Å². The highest BCUT2D eigenvalue weighted by Crippen LogP contribution is 2.22. The van der Waals surface area contributed by atoms with Crippen LogP contribution in [0.15, 0.2) is 36.9 Å². The maximum atomic E-state index is 12.3. The number of para-hydroxylation sites is 1. The van der Waals surface area contributed by atoms with Gasteiger partial charge in [-0.05, 0) is 30.4 Å². The van der Waals surface area contributed by atoms with Crippen molar-refractivity contribution < 1.29 is 14.6 Å². The van der Waals surface area contributed by atoms with Crippen LogP contribution in [0.4, 0.5) is 0 Å². The van der Waals surface area contributed by atoms with Gasteiger partial charge in [0.25, 0.3) is 5.91 Å². The van der Waals surface area contributed by atoms with Crippen molar-refractivity contribution in [1.82, 2.24) is 5.32 Å². The molecule has 0 saturated carbocycles. The first kappa shape index (κ1) is 17.2. The van der Waals surface area contributed by atoms with Gasteiger partial charge in [0.15, 0.2) is 0 Å². The summed E-state index contributed by atoms with van der Waals surface area (Å²) in [6.45, 7) is 8.85. The Bertz CT molecular complexity index is 469. The number of amides is 1. The van der Waals surface area contributed by atoms with E-state index in [0.717, 1.165) is 12.8 Å². The smallest absolute Gasteiger partial charge is 0.255 e. The Hall–Kier alpha value is -1.81. The molecule has 4 heteroatoms. The fourth-order valence-corrected chi connectivity index (χ4v) is 1.99. The summed E-state index contributed by atoms with van der Waals surface area (Å²) in [6, 6.07) is 7.16. The van der Waals surface area contributed by atoms with Crippen molar-refractivity contribution >= 4 is 5.91 Å². The van der Waals surface area contributed by atoms with Gasteiger partial charge in [-0.1, -0.05) is 38.6 Å². The minimum absolute atomic E-state index is 0.0463. The van der Waals surface area contributed by atoms with E-state index in [4.69, 9.17) is 9.84 Å². The second kappa shape index (κ2) is 8.47. The molecule has 2 N–H and O–H groups in total. The van der Waals surface area contributed by atoms with Gasteiger partial charge in [0.1, 0.15) is 12.4 Å². The fourth-order valence-electron chi connectivity index (χ4n) is 1.99. The number of aliphatic hydroxyl groups excluding tert-OH is 1. The van der Waals surface area contributed by atoms with E-state index >= 15 is 0 Å². The van der Waals surface area contributed by atoms with E-state index in [2.05, 4.69) is 25.7 Å². The van der Waals surface area contributed by atoms with Crippen LogP contribution in [0, 0.1) is 5.41 Å². The average molecular weight is 291 g/mol. The van der Waals surface area contributed by atoms with Crippen molar-refractivity contribution in [2.75, 3.05) is 19.8 Å². The van der Waals surface area contributed by atoms with Crippen LogP contribution in [0.3, 0.4) is 0 Å². The first-order chi connectivity index (χ1) is 10.00. The number of nitrogens with one attached hydrogen (secondary N) is 1. The van der Waals surface area contributed by atoms with Gasteiger partial charge in [-0.2, -0.15) is 0 Å². The lowest BCUT2D eigenvalue weighted by molar-refractivity contribution is 0.0929. The maximum Gasteiger partial charge on any atom is 0.255 e. The molecule has 1 rings (SSSR count). The number of hydrogen-bond donors (Lipinski definition) is 2. The third-order valence-electron chi connectivity index (χ3n) is 3.23. The number of hydrogen-bond acceptors (Lipinski definition) is 3. The number of benzene rings is 1. The van der Waals surface area contributed by atoms with E-state index in [1.807, 2.05) is 12.1 Å². The van der Waals surface area contributed by atoms with Gasteiger partial charge in [-0.3, -0.25) is 4.79 Å². The van der Waals surface area contributed by atoms with Crippen LogP contribution in [0.5, 0.6) is 5.75 Å². The third-order valence-corrected chi connectivity index (χ3v) is 3.23. The minimum atomic E-state index is -0.147. The van der Waals surface area contributed by atoms with Crippen LogP contribution in [0.2, 0.25) is 0 Å². The molecule has 116 valence electrons. The number of aliphatic hydroxyl groups is 1. The molecule has 0 bridgehead atoms. The molecule has 1 aromatic carbocycles. The van der Waals surface area contributed by atoms with Gasteiger partial charge in [0.05, 0.1) is 5.56 Å². The van der Waals surface area contributed by atoms with Gasteiger partial charge in [-0.25, -0.2) is 0 Å². The lowest BCUT2D eigenvalue weighted by atomic mass is 9.88. The molecular weight excluding hydrogens is 266 g/mol. The van der Waals surface area contributed by atoms with Crippen LogP contribution in [0.1, 0.15) is 37.0 Å². The summed E-state index contributed by atoms with van der Waals surface area (Å²) in [6.07, 6.45) is 3.24. The summed E-state index contributed by atoms with van der Waals surface area (Å²) in [5.74, 6) is 0.412. The van der Waals surface area contributed by atoms with Crippen molar-refractivity contribution in [2.45, 2.75) is 26.7 Å². The predicted octanol–water partition coefficient (Wildman–Crippen LogP) is 2.78. The highest BCUT2D eigenvalue weighted by molar-refractivity contribution is 5.96. The second-order valence-electron chi connectivity index (χ2n) is 5.77. The van der Waals surface area contributed by atoms with Crippen LogP contribution in [-0.2, 0) is 0 Å². The van der Waals surface area contributed by atoms with E-state index in [1.165, 1.54) is 0 Å². The van der Waals surface area contributed by atoms with Crippen LogP contribution in [0.25, 0.3) is 0 Å². The molecule has 4 nitrogen and oxygen atoms in total. The van der Waals surface area contributed by atoms with E-state index in [0.29, 0.717) is 24.5 Å². The predicted molar refractivity (Wildman–Crippen MR) is 84.6 cm³/mol. The van der Waals surface area contributed by atoms with Gasteiger partial charge >= 0.3 is 0 Å². The molecule has 0 fully saturated rings. The van der Waals surface area contributed by atoms with Crippen LogP contribution < -0.4 is 10.1 Å². The SMILES string of the molecule is C=CCOc1ccccc1C(=O)NCC(C)(C)CCCO. The largest absolute Gasteiger partial charge is 0.489 e. The van der Waals surface area contributed by atoms with Crippen molar-refractivity contribution in [3.8, 4) is 5.75 Å². The molecule has 0 heterocycles. The zero-order chi connectivity index (χ0) is 15.7. The molecule has 0 aliphatic rings. The Morgan fingerprint density at radius 3 is 2.81 bits per heavy atom. The highest BCUT2D eigenvalue weighted by Gasteiger charge is 2.20. The van der Waals surface area contributed by atoms with Gasteiger partial charge in [0, 0.05) is 13.2 Å². The van der Waals surface area contributed by atoms with Gasteiger partial charge < -0.3 is 15.2 Å². The zero-order valence-electron chi connectivity index (χ0n) is 12.9. The van der Waals surface area contributed by atoms with Crippen molar-refractivity contribution in [3.05, 3.63) is 42.5 Å². The molecule has 0 aromatic heterocycles. The van der Waals surface area contributed by atoms with Crippen LogP contribution >= 0.6 is 0 Å². The summed E-state index contributed by atoms with van der Waals surface area (Å²) >= 11 is 0. The molecule has 0 unspecified atom stereocenters. The number of carbonyl (C=O) groups excluding carboxylic acids is 1. The Morgan fingerprint density at radius 2 is 2.14 bits per heavy atom. The molecule has 21 heavy (non-hydrogen) atoms. The van der Waals surface area contributed by atoms with E-state index in [1.54, 1.807) is 18.2 Å². The Balaban J connectivity index is 2.65. The lowest BCUT2D eigenvalue weighted by Crippen LogP contribution is -2.34. The highest BCUT2D eigenvalue weighted by atomic mass is 16.5. The standard InChI is InChI=1S/C17H25NO3/c1-4-12-21-15-9-6-5-8-14(15)16(20)18-13-17(2,3)10-7-11-19/h4-6,8-9,19H,1,7,10-13H2,2-3H3,(H,18,20). The first-order valence-corrected chi connectivity index (χ1v) is 7.22. The third kappa shape index (κ3) is 6.00. The molecular formula is C17H25NO3. The quantitative estimate of drug-likeness (QED) is 0.688. The summed E-state index contributed by atoms with van der Waals surface area (Å²) in [4.78, 5) is 12.3. The van der Waals surface area contributed by atoms with Crippen LogP contribution in [-0.4, -0.2) is 30.8 Å². The summed E-state index contributed by atoms with van der Waals surface area (Å²) in [5.41, 5.74) is 0.479. The second-order valence-corrected chi connectivity index (χ2v) is 5.77. The van der Waals surface area contributed by atoms with E-state index in [9.17, 15) is 4.79 Å². The summed E-state index contributed by atoms with van der Waals surface area (Å²) in [5, 5.41) is 11.8. The molecule has 0 atom stereocenters. The Morgan fingerprint density at radius 1 is 1.43 bits per heavy atom. The molecule has 0 aliphatic carbocycles. The molecule has 1 aromatic rings. The monoisotopic (exact) mass is 291 g/mol. The van der Waals surface area contributed by atoms with E-state index < -0.39 is 0 Å². The molecule has 0 radical (unpaired) electrons. The van der Waals surface area contributed by atoms with Crippen molar-refractivity contribution in [2.24, 2.45) is 5.41 Å². The minimum Gasteiger partial charge on any atom is -0.489 e. The molecule has 0 spiro atoms. The number of rotatable bonds is 9. The average Bonchev–Trinajstić information content (AvgIpc) is 2.49. The normalized spacial score (nSPS) is 11.0. The molecule has 1 amide bonds. The van der Waals surface area contributed by atoms with Crippen molar-refractivity contribution in [1.29, 1.82) is 0 Å². The lowest BCUT2D eigenvalue weighted by Gasteiger charge is -2.24. The molecule has 0 aliphatic heterocycles. The Kier molecular flexibility index (Phi) is 6.96. The number of ether oxygens (including phenoxy) is 1. The topological polar surface area (TPSA) is 58.6 Å². The molecule has 0 saturated heterocycles. The summed E-state index contributed by atoms with van der Waals surface area (Å²) < 4.78 is 5.49. The zero-order valence-corrected chi connectivity index (χ0v) is 12.9. The summed E-state index contributed by atoms with van der Waals surface area (Å²) in [7, 11) is 0. The number of carbonyl (C=O) groups is 1. The van der Waals surface area contributed by atoms with Gasteiger partial charge in [-0.15, -0.1) is 0 Å². The van der Waals surface area contributed by atoms with Crippen molar-refractivity contribution in [3.63, 3.8) is 0 Å².